The Balaban J connectivity index is 1.89. The fourth-order valence-electron chi connectivity index (χ4n) is 1.87. The number of hydrogen-bond acceptors (Lipinski definition) is 5. The van der Waals surface area contributed by atoms with E-state index in [1.165, 1.54) is 11.3 Å². The average Bonchev–Trinajstić information content (AvgIpc) is 2.98. The number of nitrogens with two attached hydrogens (primary N) is 1. The minimum atomic E-state index is -0.235. The summed E-state index contributed by atoms with van der Waals surface area (Å²) >= 11 is 1.51. The molecular formula is C15H14N4S. The fourth-order valence-corrected chi connectivity index (χ4v) is 2.74. The smallest absolute Gasteiger partial charge is 0.149 e. The molecule has 0 fully saturated rings. The van der Waals surface area contributed by atoms with E-state index in [4.69, 9.17) is 5.73 Å². The van der Waals surface area contributed by atoms with Gasteiger partial charge >= 0.3 is 0 Å². The molecule has 3 aromatic rings. The predicted molar refractivity (Wildman–Crippen MR) is 80.3 cm³/mol. The Morgan fingerprint density at radius 3 is 2.55 bits per heavy atom. The van der Waals surface area contributed by atoms with Crippen LogP contribution >= 0.6 is 11.3 Å². The summed E-state index contributed by atoms with van der Waals surface area (Å²) in [6, 6.07) is 13.6. The maximum Gasteiger partial charge on any atom is 0.149 e. The number of rotatable bonds is 3. The van der Waals surface area contributed by atoms with Crippen molar-refractivity contribution < 1.29 is 0 Å². The second-order valence-electron chi connectivity index (χ2n) is 4.52. The minimum Gasteiger partial charge on any atom is -0.318 e. The van der Waals surface area contributed by atoms with Gasteiger partial charge in [0.05, 0.1) is 6.04 Å². The first-order chi connectivity index (χ1) is 9.74. The van der Waals surface area contributed by atoms with Crippen LogP contribution in [0.25, 0.3) is 10.6 Å². The highest BCUT2D eigenvalue weighted by Crippen LogP contribution is 2.28. The largest absolute Gasteiger partial charge is 0.318 e. The molecule has 0 bridgehead atoms. The molecule has 0 amide bonds. The van der Waals surface area contributed by atoms with Gasteiger partial charge in [-0.2, -0.15) is 0 Å². The number of aromatic nitrogens is 3. The van der Waals surface area contributed by atoms with Crippen molar-refractivity contribution in [2.24, 2.45) is 5.73 Å². The summed E-state index contributed by atoms with van der Waals surface area (Å²) in [7, 11) is 0. The van der Waals surface area contributed by atoms with Gasteiger partial charge in [-0.05, 0) is 24.6 Å². The Morgan fingerprint density at radius 2 is 1.85 bits per heavy atom. The molecule has 1 aromatic carbocycles. The molecule has 1 unspecified atom stereocenters. The Labute approximate surface area is 121 Å². The van der Waals surface area contributed by atoms with Gasteiger partial charge in [0.2, 0.25) is 0 Å². The summed E-state index contributed by atoms with van der Waals surface area (Å²) in [4.78, 5) is 4.28. The first-order valence-electron chi connectivity index (χ1n) is 6.31. The first kappa shape index (κ1) is 12.9. The highest BCUT2D eigenvalue weighted by molar-refractivity contribution is 7.14. The molecule has 0 saturated carbocycles. The Hall–Kier alpha value is -2.11. The van der Waals surface area contributed by atoms with Gasteiger partial charge in [0.25, 0.3) is 0 Å². The standard InChI is InChI=1S/C15H14N4S/c1-10-7-8-12(9-17-10)14-18-19-15(20-14)13(16)11-5-3-2-4-6-11/h2-9,13H,16H2,1H3. The lowest BCUT2D eigenvalue weighted by Gasteiger charge is -2.06. The van der Waals surface area contributed by atoms with E-state index in [-0.39, 0.29) is 6.04 Å². The third kappa shape index (κ3) is 2.59. The first-order valence-corrected chi connectivity index (χ1v) is 7.12. The van der Waals surface area contributed by atoms with Crippen molar-refractivity contribution in [3.63, 3.8) is 0 Å². The van der Waals surface area contributed by atoms with Crippen molar-refractivity contribution in [2.75, 3.05) is 0 Å². The molecular weight excluding hydrogens is 268 g/mol. The molecule has 1 atom stereocenters. The molecule has 5 heteroatoms. The van der Waals surface area contributed by atoms with Crippen LogP contribution < -0.4 is 5.73 Å². The maximum atomic E-state index is 6.22. The topological polar surface area (TPSA) is 64.7 Å². The quantitative estimate of drug-likeness (QED) is 0.802. The van der Waals surface area contributed by atoms with Crippen LogP contribution in [0.2, 0.25) is 0 Å². The summed E-state index contributed by atoms with van der Waals surface area (Å²) in [6.07, 6.45) is 1.81. The molecule has 0 aliphatic carbocycles. The van der Waals surface area contributed by atoms with E-state index in [0.717, 1.165) is 26.8 Å². The van der Waals surface area contributed by atoms with Gasteiger partial charge in [-0.25, -0.2) is 0 Å². The molecule has 2 heterocycles. The Bertz CT molecular complexity index is 691. The monoisotopic (exact) mass is 282 g/mol. The van der Waals surface area contributed by atoms with Crippen molar-refractivity contribution in [1.29, 1.82) is 0 Å². The molecule has 20 heavy (non-hydrogen) atoms. The van der Waals surface area contributed by atoms with Gasteiger partial charge in [0.1, 0.15) is 10.0 Å². The predicted octanol–water partition coefficient (Wildman–Crippen LogP) is 2.96. The van der Waals surface area contributed by atoms with E-state index in [9.17, 15) is 0 Å². The van der Waals surface area contributed by atoms with Crippen LogP contribution in [-0.2, 0) is 0 Å². The van der Waals surface area contributed by atoms with Gasteiger partial charge in [-0.15, -0.1) is 10.2 Å². The summed E-state index contributed by atoms with van der Waals surface area (Å²) in [5.74, 6) is 0. The Kier molecular flexibility index (Phi) is 3.54. The summed E-state index contributed by atoms with van der Waals surface area (Å²) in [6.45, 7) is 1.96. The zero-order valence-electron chi connectivity index (χ0n) is 11.0. The molecule has 2 N–H and O–H groups in total. The SMILES string of the molecule is Cc1ccc(-c2nnc(C(N)c3ccccc3)s2)cn1. The number of benzene rings is 1. The van der Waals surface area contributed by atoms with Crippen molar-refractivity contribution in [1.82, 2.24) is 15.2 Å². The van der Waals surface area contributed by atoms with Gasteiger partial charge in [0, 0.05) is 17.5 Å². The van der Waals surface area contributed by atoms with Crippen LogP contribution in [0.5, 0.6) is 0 Å². The molecule has 100 valence electrons. The Morgan fingerprint density at radius 1 is 1.05 bits per heavy atom. The number of aryl methyl sites for hydroxylation is 1. The zero-order valence-corrected chi connectivity index (χ0v) is 11.8. The van der Waals surface area contributed by atoms with Crippen LogP contribution in [0.4, 0.5) is 0 Å². The summed E-state index contributed by atoms with van der Waals surface area (Å²) < 4.78 is 0. The second kappa shape index (κ2) is 5.48. The highest BCUT2D eigenvalue weighted by atomic mass is 32.1. The van der Waals surface area contributed by atoms with Crippen molar-refractivity contribution >= 4 is 11.3 Å². The van der Waals surface area contributed by atoms with E-state index in [0.29, 0.717) is 0 Å². The van der Waals surface area contributed by atoms with E-state index in [1.807, 2.05) is 55.6 Å². The third-order valence-electron chi connectivity index (χ3n) is 3.02. The van der Waals surface area contributed by atoms with Crippen LogP contribution in [0, 0.1) is 6.92 Å². The average molecular weight is 282 g/mol. The normalized spacial score (nSPS) is 12.3. The fraction of sp³-hybridized carbons (Fsp3) is 0.133. The van der Waals surface area contributed by atoms with E-state index < -0.39 is 0 Å². The summed E-state index contributed by atoms with van der Waals surface area (Å²) in [5.41, 5.74) is 9.22. The molecule has 0 saturated heterocycles. The molecule has 4 nitrogen and oxygen atoms in total. The third-order valence-corrected chi connectivity index (χ3v) is 4.08. The minimum absolute atomic E-state index is 0.235. The maximum absolute atomic E-state index is 6.22. The lowest BCUT2D eigenvalue weighted by Crippen LogP contribution is -2.11. The van der Waals surface area contributed by atoms with Crippen molar-refractivity contribution in [3.05, 3.63) is 64.9 Å². The number of nitrogens with zero attached hydrogens (tertiary/aromatic N) is 3. The number of pyridine rings is 1. The van der Waals surface area contributed by atoms with Gasteiger partial charge < -0.3 is 5.73 Å². The van der Waals surface area contributed by atoms with Gasteiger partial charge in [0.15, 0.2) is 0 Å². The molecule has 3 rings (SSSR count). The zero-order chi connectivity index (χ0) is 13.9. The van der Waals surface area contributed by atoms with Crippen molar-refractivity contribution in [3.8, 4) is 10.6 Å². The highest BCUT2D eigenvalue weighted by Gasteiger charge is 2.15. The molecule has 0 radical (unpaired) electrons. The van der Waals surface area contributed by atoms with Gasteiger partial charge in [-0.3, -0.25) is 4.98 Å². The molecule has 2 aromatic heterocycles. The van der Waals surface area contributed by atoms with E-state index in [2.05, 4.69) is 15.2 Å². The van der Waals surface area contributed by atoms with Crippen LogP contribution in [0.3, 0.4) is 0 Å². The second-order valence-corrected chi connectivity index (χ2v) is 5.53. The van der Waals surface area contributed by atoms with Crippen LogP contribution in [0.1, 0.15) is 22.3 Å². The summed E-state index contributed by atoms with van der Waals surface area (Å²) in [5, 5.41) is 10.1. The number of hydrogen-bond donors (Lipinski definition) is 1. The molecule has 0 aliphatic heterocycles. The molecule has 0 aliphatic rings. The lowest BCUT2D eigenvalue weighted by molar-refractivity contribution is 0.831. The van der Waals surface area contributed by atoms with E-state index in [1.54, 1.807) is 0 Å². The van der Waals surface area contributed by atoms with E-state index >= 15 is 0 Å². The van der Waals surface area contributed by atoms with Crippen LogP contribution in [-0.4, -0.2) is 15.2 Å². The lowest BCUT2D eigenvalue weighted by atomic mass is 10.1. The van der Waals surface area contributed by atoms with Gasteiger partial charge in [-0.1, -0.05) is 41.7 Å². The van der Waals surface area contributed by atoms with Crippen molar-refractivity contribution in [2.45, 2.75) is 13.0 Å². The van der Waals surface area contributed by atoms with Crippen LogP contribution in [0.15, 0.2) is 48.7 Å². The molecule has 0 spiro atoms.